The van der Waals surface area contributed by atoms with Gasteiger partial charge in [0.15, 0.2) is 9.84 Å². The predicted octanol–water partition coefficient (Wildman–Crippen LogP) is 4.31. The predicted molar refractivity (Wildman–Crippen MR) is 96.0 cm³/mol. The highest BCUT2D eigenvalue weighted by Gasteiger charge is 2.31. The van der Waals surface area contributed by atoms with Gasteiger partial charge < -0.3 is 5.32 Å². The molecule has 0 radical (unpaired) electrons. The van der Waals surface area contributed by atoms with E-state index in [1.54, 1.807) is 0 Å². The van der Waals surface area contributed by atoms with Crippen LogP contribution in [0.15, 0.2) is 41.3 Å². The van der Waals surface area contributed by atoms with Gasteiger partial charge in [-0.05, 0) is 55.8 Å². The molecule has 2 aromatic rings. The first-order chi connectivity index (χ1) is 12.0. The molecule has 1 amide bonds. The molecule has 140 valence electrons. The van der Waals surface area contributed by atoms with E-state index in [0.29, 0.717) is 0 Å². The summed E-state index contributed by atoms with van der Waals surface area (Å²) >= 11 is 11.6. The fourth-order valence-electron chi connectivity index (χ4n) is 2.25. The van der Waals surface area contributed by atoms with E-state index in [0.717, 1.165) is 30.3 Å². The van der Waals surface area contributed by atoms with Crippen molar-refractivity contribution in [3.63, 3.8) is 0 Å². The first kappa shape index (κ1) is 20.6. The minimum atomic E-state index is -4.01. The maximum absolute atomic E-state index is 13.6. The zero-order chi connectivity index (χ0) is 19.6. The maximum Gasteiger partial charge on any atom is 0.238 e. The first-order valence-corrected chi connectivity index (χ1v) is 9.78. The normalized spacial score (nSPS) is 13.9. The van der Waals surface area contributed by atoms with Crippen LogP contribution in [0.1, 0.15) is 25.5 Å². The third kappa shape index (κ3) is 4.34. The molecule has 0 fully saturated rings. The van der Waals surface area contributed by atoms with Crippen LogP contribution in [0.4, 0.5) is 8.78 Å². The average molecular weight is 422 g/mol. The van der Waals surface area contributed by atoms with Gasteiger partial charge in [0.2, 0.25) is 5.91 Å². The third-order valence-electron chi connectivity index (χ3n) is 3.84. The second-order valence-electron chi connectivity index (χ2n) is 5.66. The van der Waals surface area contributed by atoms with Crippen molar-refractivity contribution in [2.45, 2.75) is 30.0 Å². The summed E-state index contributed by atoms with van der Waals surface area (Å²) in [6.07, 6.45) is 0. The van der Waals surface area contributed by atoms with Crippen molar-refractivity contribution >= 4 is 38.9 Å². The Hall–Kier alpha value is -1.70. The molecule has 0 aliphatic carbocycles. The third-order valence-corrected chi connectivity index (χ3v) is 6.53. The van der Waals surface area contributed by atoms with Gasteiger partial charge in [0.1, 0.15) is 16.9 Å². The molecular formula is C17H15Cl2F2NO3S. The number of halogens is 4. The summed E-state index contributed by atoms with van der Waals surface area (Å²) in [5, 5.41) is 1.02. The van der Waals surface area contributed by atoms with Crippen LogP contribution in [0.25, 0.3) is 0 Å². The summed E-state index contributed by atoms with van der Waals surface area (Å²) in [6.45, 7) is 2.74. The maximum atomic E-state index is 13.6. The molecule has 0 saturated carbocycles. The molecule has 2 unspecified atom stereocenters. The quantitative estimate of drug-likeness (QED) is 0.577. The molecule has 0 heterocycles. The number of benzene rings is 2. The van der Waals surface area contributed by atoms with Gasteiger partial charge >= 0.3 is 0 Å². The molecular weight excluding hydrogens is 407 g/mol. The van der Waals surface area contributed by atoms with Crippen molar-refractivity contribution in [1.29, 1.82) is 0 Å². The zero-order valence-corrected chi connectivity index (χ0v) is 16.1. The van der Waals surface area contributed by atoms with Crippen LogP contribution in [-0.2, 0) is 14.6 Å². The Morgan fingerprint density at radius 3 is 2.19 bits per heavy atom. The van der Waals surface area contributed by atoms with E-state index in [1.165, 1.54) is 19.9 Å². The Kier molecular flexibility index (Phi) is 6.26. The van der Waals surface area contributed by atoms with Crippen molar-refractivity contribution in [1.82, 2.24) is 5.32 Å². The molecule has 26 heavy (non-hydrogen) atoms. The van der Waals surface area contributed by atoms with Crippen LogP contribution >= 0.6 is 23.2 Å². The van der Waals surface area contributed by atoms with E-state index in [1.807, 2.05) is 0 Å². The lowest BCUT2D eigenvalue weighted by molar-refractivity contribution is -0.121. The molecule has 4 nitrogen and oxygen atoms in total. The van der Waals surface area contributed by atoms with Crippen LogP contribution < -0.4 is 5.32 Å². The highest BCUT2D eigenvalue weighted by atomic mass is 35.5. The molecule has 2 rings (SSSR count). The molecule has 0 aromatic heterocycles. The van der Waals surface area contributed by atoms with Gasteiger partial charge in [0.25, 0.3) is 0 Å². The summed E-state index contributed by atoms with van der Waals surface area (Å²) in [5.74, 6) is -2.10. The molecule has 1 N–H and O–H groups in total. The molecule has 2 atom stereocenters. The number of hydrogen-bond acceptors (Lipinski definition) is 3. The highest BCUT2D eigenvalue weighted by molar-refractivity contribution is 7.92. The lowest BCUT2D eigenvalue weighted by Gasteiger charge is -2.19. The smallest absolute Gasteiger partial charge is 0.238 e. The summed E-state index contributed by atoms with van der Waals surface area (Å²) < 4.78 is 51.6. The minimum Gasteiger partial charge on any atom is -0.348 e. The monoisotopic (exact) mass is 421 g/mol. The Morgan fingerprint density at radius 2 is 1.62 bits per heavy atom. The van der Waals surface area contributed by atoms with E-state index in [9.17, 15) is 22.0 Å². The van der Waals surface area contributed by atoms with E-state index in [-0.39, 0.29) is 20.5 Å². The first-order valence-electron chi connectivity index (χ1n) is 7.48. The van der Waals surface area contributed by atoms with Crippen LogP contribution in [0, 0.1) is 11.6 Å². The Morgan fingerprint density at radius 1 is 1.04 bits per heavy atom. The zero-order valence-electron chi connectivity index (χ0n) is 13.8. The van der Waals surface area contributed by atoms with Crippen LogP contribution in [-0.4, -0.2) is 19.6 Å². The molecule has 0 spiro atoms. The largest absolute Gasteiger partial charge is 0.348 e. The summed E-state index contributed by atoms with van der Waals surface area (Å²) in [6, 6.07) is 5.69. The highest BCUT2D eigenvalue weighted by Crippen LogP contribution is 2.29. The topological polar surface area (TPSA) is 63.2 Å². The van der Waals surface area contributed by atoms with E-state index in [2.05, 4.69) is 5.32 Å². The lowest BCUT2D eigenvalue weighted by atomic mass is 10.1. The van der Waals surface area contributed by atoms with Gasteiger partial charge in [-0.1, -0.05) is 23.2 Å². The molecule has 0 aliphatic heterocycles. The lowest BCUT2D eigenvalue weighted by Crippen LogP contribution is -2.39. The Balaban J connectivity index is 2.21. The molecule has 0 saturated heterocycles. The second-order valence-corrected chi connectivity index (χ2v) is 8.74. The number of nitrogens with one attached hydrogen (secondary N) is 1. The molecule has 2 aromatic carbocycles. The second kappa shape index (κ2) is 7.90. The van der Waals surface area contributed by atoms with Crippen molar-refractivity contribution < 1.29 is 22.0 Å². The van der Waals surface area contributed by atoms with Gasteiger partial charge in [0.05, 0.1) is 16.0 Å². The fraction of sp³-hybridized carbons (Fsp3) is 0.235. The number of amides is 1. The van der Waals surface area contributed by atoms with E-state index < -0.39 is 38.7 Å². The number of carbonyl (C=O) groups excluding carboxylic acids is 1. The van der Waals surface area contributed by atoms with Crippen LogP contribution in [0.3, 0.4) is 0 Å². The van der Waals surface area contributed by atoms with Crippen LogP contribution in [0.2, 0.25) is 10.0 Å². The fourth-order valence-corrected chi connectivity index (χ4v) is 4.07. The van der Waals surface area contributed by atoms with Gasteiger partial charge in [-0.25, -0.2) is 17.2 Å². The molecule has 0 aliphatic rings. The van der Waals surface area contributed by atoms with Crippen molar-refractivity contribution in [3.05, 3.63) is 63.6 Å². The summed E-state index contributed by atoms with van der Waals surface area (Å²) in [5.41, 5.74) is 0.258. The van der Waals surface area contributed by atoms with Gasteiger partial charge in [-0.2, -0.15) is 0 Å². The van der Waals surface area contributed by atoms with Crippen molar-refractivity contribution in [2.75, 3.05) is 0 Å². The number of carbonyl (C=O) groups is 1. The number of hydrogen-bond donors (Lipinski definition) is 1. The average Bonchev–Trinajstić information content (AvgIpc) is 2.57. The SMILES string of the molecule is CC(NC(=O)C(C)S(=O)(=O)c1ccc(F)cc1)c1cc(F)c(Cl)cc1Cl. The Labute approximate surface area is 160 Å². The van der Waals surface area contributed by atoms with Gasteiger partial charge in [-0.15, -0.1) is 0 Å². The van der Waals surface area contributed by atoms with Gasteiger partial charge in [-0.3, -0.25) is 4.79 Å². The standard InChI is InChI=1S/C17H15Cl2F2NO3S/c1-9(13-7-16(21)15(19)8-14(13)18)22-17(23)10(2)26(24,25)12-5-3-11(20)4-6-12/h3-10H,1-2H3,(H,22,23). The minimum absolute atomic E-state index is 0.137. The van der Waals surface area contributed by atoms with Gasteiger partial charge in [0, 0.05) is 5.02 Å². The number of sulfone groups is 1. The van der Waals surface area contributed by atoms with E-state index >= 15 is 0 Å². The molecule has 9 heteroatoms. The van der Waals surface area contributed by atoms with Crippen molar-refractivity contribution in [3.8, 4) is 0 Å². The summed E-state index contributed by atoms with van der Waals surface area (Å²) in [7, 11) is -4.01. The van der Waals surface area contributed by atoms with Crippen LogP contribution in [0.5, 0.6) is 0 Å². The summed E-state index contributed by atoms with van der Waals surface area (Å²) in [4.78, 5) is 12.2. The van der Waals surface area contributed by atoms with E-state index in [4.69, 9.17) is 23.2 Å². The van der Waals surface area contributed by atoms with Crippen molar-refractivity contribution in [2.24, 2.45) is 0 Å². The Bertz CT molecular complexity index is 934. The number of rotatable bonds is 5. The molecule has 0 bridgehead atoms.